The molecule has 0 saturated heterocycles. The quantitative estimate of drug-likeness (QED) is 0.460. The van der Waals surface area contributed by atoms with Crippen LogP contribution in [0.15, 0.2) is 41.4 Å². The molecule has 0 radical (unpaired) electrons. The van der Waals surface area contributed by atoms with E-state index < -0.39 is 4.92 Å². The molecule has 116 valence electrons. The van der Waals surface area contributed by atoms with Crippen molar-refractivity contribution in [3.8, 4) is 11.6 Å². The zero-order valence-electron chi connectivity index (χ0n) is 13.0. The third-order valence-corrected chi connectivity index (χ3v) is 3.77. The van der Waals surface area contributed by atoms with E-state index in [1.807, 2.05) is 24.5 Å². The molecule has 1 aromatic heterocycles. The maximum Gasteiger partial charge on any atom is 0.331 e. The fraction of sp³-hybridized carbons (Fsp3) is 0.312. The Kier molecular flexibility index (Phi) is 4.71. The van der Waals surface area contributed by atoms with Gasteiger partial charge in [-0.1, -0.05) is 39.0 Å². The summed E-state index contributed by atoms with van der Waals surface area (Å²) in [6, 6.07) is 10.6. The Hall–Kier alpha value is -2.08. The van der Waals surface area contributed by atoms with Crippen LogP contribution in [0.4, 0.5) is 5.69 Å². The lowest BCUT2D eigenvalue weighted by molar-refractivity contribution is -0.386. The zero-order chi connectivity index (χ0) is 16.3. The molecule has 0 unspecified atom stereocenters. The number of rotatable bonds is 4. The van der Waals surface area contributed by atoms with Gasteiger partial charge in [0.25, 0.3) is 0 Å². The van der Waals surface area contributed by atoms with Crippen LogP contribution in [-0.4, -0.2) is 16.2 Å². The Bertz CT molecular complexity index is 696. The SMILES string of the molecule is CSc1ccc([N+](=O)[O-])c(Oc2ccccc2C(C)(C)C)n1. The van der Waals surface area contributed by atoms with Gasteiger partial charge in [0, 0.05) is 11.6 Å². The van der Waals surface area contributed by atoms with E-state index >= 15 is 0 Å². The molecular formula is C16H18N2O3S. The smallest absolute Gasteiger partial charge is 0.331 e. The molecule has 0 amide bonds. The molecule has 1 heterocycles. The first kappa shape index (κ1) is 16.3. The summed E-state index contributed by atoms with van der Waals surface area (Å²) in [7, 11) is 0. The molecule has 0 N–H and O–H groups in total. The van der Waals surface area contributed by atoms with Gasteiger partial charge >= 0.3 is 11.6 Å². The number of thioether (sulfide) groups is 1. The Morgan fingerprint density at radius 2 is 1.86 bits per heavy atom. The number of nitrogens with zero attached hydrogens (tertiary/aromatic N) is 2. The number of hydrogen-bond donors (Lipinski definition) is 0. The number of nitro groups is 1. The summed E-state index contributed by atoms with van der Waals surface area (Å²) in [4.78, 5) is 14.9. The van der Waals surface area contributed by atoms with Crippen molar-refractivity contribution >= 4 is 17.4 Å². The minimum atomic E-state index is -0.480. The topological polar surface area (TPSA) is 65.3 Å². The molecule has 0 spiro atoms. The summed E-state index contributed by atoms with van der Waals surface area (Å²) in [6.07, 6.45) is 1.86. The summed E-state index contributed by atoms with van der Waals surface area (Å²) < 4.78 is 5.80. The summed E-state index contributed by atoms with van der Waals surface area (Å²) in [5.41, 5.74) is 0.699. The molecule has 1 aromatic carbocycles. The van der Waals surface area contributed by atoms with Gasteiger partial charge in [-0.2, -0.15) is 0 Å². The maximum absolute atomic E-state index is 11.2. The molecule has 0 saturated carbocycles. The normalized spacial score (nSPS) is 11.3. The molecule has 2 aromatic rings. The van der Waals surface area contributed by atoms with Crippen LogP contribution in [0.3, 0.4) is 0 Å². The molecule has 0 aliphatic heterocycles. The maximum atomic E-state index is 11.2. The van der Waals surface area contributed by atoms with Crippen LogP contribution in [0.1, 0.15) is 26.3 Å². The van der Waals surface area contributed by atoms with Crippen molar-refractivity contribution in [3.63, 3.8) is 0 Å². The predicted octanol–water partition coefficient (Wildman–Crippen LogP) is 4.80. The van der Waals surface area contributed by atoms with Crippen LogP contribution in [0.5, 0.6) is 11.6 Å². The van der Waals surface area contributed by atoms with Crippen molar-refractivity contribution in [3.05, 3.63) is 52.1 Å². The molecular weight excluding hydrogens is 300 g/mol. The third kappa shape index (κ3) is 3.57. The first-order chi connectivity index (χ1) is 10.3. The van der Waals surface area contributed by atoms with Crippen molar-refractivity contribution in [2.45, 2.75) is 31.2 Å². The first-order valence-corrected chi connectivity index (χ1v) is 8.02. The number of ether oxygens (including phenoxy) is 1. The van der Waals surface area contributed by atoms with Crippen LogP contribution in [-0.2, 0) is 5.41 Å². The van der Waals surface area contributed by atoms with E-state index in [0.29, 0.717) is 10.8 Å². The Labute approximate surface area is 133 Å². The summed E-state index contributed by atoms with van der Waals surface area (Å²) in [6.45, 7) is 6.19. The van der Waals surface area contributed by atoms with Crippen LogP contribution in [0, 0.1) is 10.1 Å². The third-order valence-electron chi connectivity index (χ3n) is 3.12. The number of benzene rings is 1. The van der Waals surface area contributed by atoms with E-state index in [1.165, 1.54) is 17.8 Å². The van der Waals surface area contributed by atoms with E-state index in [2.05, 4.69) is 25.8 Å². The lowest BCUT2D eigenvalue weighted by Crippen LogP contribution is -2.12. The Balaban J connectivity index is 2.49. The van der Waals surface area contributed by atoms with Gasteiger partial charge in [-0.25, -0.2) is 4.98 Å². The van der Waals surface area contributed by atoms with E-state index in [-0.39, 0.29) is 17.0 Å². The molecule has 6 heteroatoms. The lowest BCUT2D eigenvalue weighted by atomic mass is 9.86. The summed E-state index contributed by atoms with van der Waals surface area (Å²) >= 11 is 1.41. The monoisotopic (exact) mass is 318 g/mol. The van der Waals surface area contributed by atoms with Crippen molar-refractivity contribution in [2.24, 2.45) is 0 Å². The fourth-order valence-corrected chi connectivity index (χ4v) is 2.40. The average molecular weight is 318 g/mol. The number of aromatic nitrogens is 1. The van der Waals surface area contributed by atoms with E-state index in [1.54, 1.807) is 12.1 Å². The van der Waals surface area contributed by atoms with Crippen molar-refractivity contribution in [1.82, 2.24) is 4.98 Å². The van der Waals surface area contributed by atoms with Crippen LogP contribution in [0.25, 0.3) is 0 Å². The second-order valence-electron chi connectivity index (χ2n) is 5.78. The van der Waals surface area contributed by atoms with Crippen molar-refractivity contribution < 1.29 is 9.66 Å². The van der Waals surface area contributed by atoms with Gasteiger partial charge in [0.15, 0.2) is 0 Å². The molecule has 0 fully saturated rings. The van der Waals surface area contributed by atoms with Gasteiger partial charge in [-0.15, -0.1) is 11.8 Å². The summed E-state index contributed by atoms with van der Waals surface area (Å²) in [5, 5.41) is 11.8. The molecule has 22 heavy (non-hydrogen) atoms. The zero-order valence-corrected chi connectivity index (χ0v) is 13.8. The highest BCUT2D eigenvalue weighted by atomic mass is 32.2. The van der Waals surface area contributed by atoms with E-state index in [9.17, 15) is 10.1 Å². The molecule has 0 bridgehead atoms. The molecule has 0 atom stereocenters. The van der Waals surface area contributed by atoms with Crippen LogP contribution < -0.4 is 4.74 Å². The number of pyridine rings is 1. The second-order valence-corrected chi connectivity index (χ2v) is 6.61. The Morgan fingerprint density at radius 1 is 1.18 bits per heavy atom. The van der Waals surface area contributed by atoms with E-state index in [4.69, 9.17) is 4.74 Å². The van der Waals surface area contributed by atoms with Crippen LogP contribution in [0.2, 0.25) is 0 Å². The van der Waals surface area contributed by atoms with Crippen molar-refractivity contribution in [1.29, 1.82) is 0 Å². The van der Waals surface area contributed by atoms with Crippen molar-refractivity contribution in [2.75, 3.05) is 6.26 Å². The fourth-order valence-electron chi connectivity index (χ4n) is 2.02. The number of hydrogen-bond acceptors (Lipinski definition) is 5. The van der Waals surface area contributed by atoms with Gasteiger partial charge in [0.2, 0.25) is 0 Å². The van der Waals surface area contributed by atoms with Gasteiger partial charge in [0.1, 0.15) is 10.8 Å². The number of para-hydroxylation sites is 1. The highest BCUT2D eigenvalue weighted by Gasteiger charge is 2.23. The molecule has 5 nitrogen and oxygen atoms in total. The molecule has 0 aliphatic rings. The average Bonchev–Trinajstić information content (AvgIpc) is 2.46. The van der Waals surface area contributed by atoms with Gasteiger partial charge in [-0.3, -0.25) is 10.1 Å². The highest BCUT2D eigenvalue weighted by Crippen LogP contribution is 2.37. The van der Waals surface area contributed by atoms with Gasteiger partial charge in [-0.05, 0) is 23.8 Å². The lowest BCUT2D eigenvalue weighted by Gasteiger charge is -2.22. The second kappa shape index (κ2) is 6.36. The minimum Gasteiger partial charge on any atom is -0.433 e. The van der Waals surface area contributed by atoms with Gasteiger partial charge in [0.05, 0.1) is 4.92 Å². The highest BCUT2D eigenvalue weighted by molar-refractivity contribution is 7.98. The van der Waals surface area contributed by atoms with E-state index in [0.717, 1.165) is 5.56 Å². The Morgan fingerprint density at radius 3 is 2.45 bits per heavy atom. The largest absolute Gasteiger partial charge is 0.433 e. The standard InChI is InChI=1S/C16H18N2O3S/c1-16(2,3)11-7-5-6-8-13(11)21-15-12(18(19)20)9-10-14(17-15)22-4/h5-10H,1-4H3. The minimum absolute atomic E-state index is 0.0218. The molecule has 0 aliphatic carbocycles. The van der Waals surface area contributed by atoms with Crippen LogP contribution >= 0.6 is 11.8 Å². The van der Waals surface area contributed by atoms with Gasteiger partial charge < -0.3 is 4.74 Å². The predicted molar refractivity (Wildman–Crippen MR) is 87.9 cm³/mol. The molecule has 2 rings (SSSR count). The first-order valence-electron chi connectivity index (χ1n) is 6.79. The summed E-state index contributed by atoms with van der Waals surface area (Å²) in [5.74, 6) is 0.609.